The highest BCUT2D eigenvalue weighted by Crippen LogP contribution is 2.41. The highest BCUT2D eigenvalue weighted by molar-refractivity contribution is 5.89. The molecule has 1 aromatic heterocycles. The van der Waals surface area contributed by atoms with Crippen molar-refractivity contribution in [3.8, 4) is 17.0 Å². The van der Waals surface area contributed by atoms with Gasteiger partial charge in [0.25, 0.3) is 0 Å². The third-order valence-electron chi connectivity index (χ3n) is 2.90. The summed E-state index contributed by atoms with van der Waals surface area (Å²) in [5.74, 6) is 0.552. The minimum Gasteiger partial charge on any atom is -0.486 e. The minimum atomic E-state index is -1.11. The molecule has 92 valence electrons. The molecule has 0 unspecified atom stereocenters. The van der Waals surface area contributed by atoms with Crippen LogP contribution in [0, 0.1) is 0 Å². The third kappa shape index (κ3) is 1.50. The van der Waals surface area contributed by atoms with Crippen LogP contribution in [0.5, 0.6) is 5.75 Å². The van der Waals surface area contributed by atoms with Gasteiger partial charge in [0.1, 0.15) is 6.61 Å². The maximum Gasteiger partial charge on any atom is 0.409 e. The molecule has 0 saturated carbocycles. The molecule has 2 aromatic rings. The summed E-state index contributed by atoms with van der Waals surface area (Å²) in [5.41, 5.74) is 3.26. The van der Waals surface area contributed by atoms with Crippen LogP contribution in [0.3, 0.4) is 0 Å². The van der Waals surface area contributed by atoms with Gasteiger partial charge < -0.3 is 9.84 Å². The maximum atomic E-state index is 10.7. The Morgan fingerprint density at radius 3 is 3.17 bits per heavy atom. The van der Waals surface area contributed by atoms with Crippen LogP contribution in [-0.4, -0.2) is 21.0 Å². The van der Waals surface area contributed by atoms with Crippen LogP contribution in [0.15, 0.2) is 24.4 Å². The highest BCUT2D eigenvalue weighted by Gasteiger charge is 2.23. The van der Waals surface area contributed by atoms with Crippen LogP contribution in [0.1, 0.15) is 5.56 Å². The fraction of sp³-hybridized carbons (Fsp3) is 0.167. The molecule has 2 heterocycles. The van der Waals surface area contributed by atoms with Gasteiger partial charge in [-0.2, -0.15) is 5.10 Å². The number of para-hydroxylation sites is 1. The first-order valence-electron chi connectivity index (χ1n) is 5.44. The first-order chi connectivity index (χ1) is 8.66. The number of aryl methyl sites for hydroxylation is 1. The van der Waals surface area contributed by atoms with Crippen molar-refractivity contribution in [2.45, 2.75) is 6.61 Å². The lowest BCUT2D eigenvalue weighted by molar-refractivity contribution is 0.209. The lowest BCUT2D eigenvalue weighted by Crippen LogP contribution is -2.12. The SMILES string of the molecule is Cn1ncc2c1-c1cccc(NC(=O)O)c1OC2. The molecular weight excluding hydrogens is 234 g/mol. The minimum absolute atomic E-state index is 0.397. The summed E-state index contributed by atoms with van der Waals surface area (Å²) in [4.78, 5) is 10.7. The molecule has 0 saturated heterocycles. The third-order valence-corrected chi connectivity index (χ3v) is 2.90. The number of rotatable bonds is 1. The Bertz CT molecular complexity index is 633. The van der Waals surface area contributed by atoms with E-state index in [2.05, 4.69) is 10.4 Å². The number of carboxylic acid groups (broad SMARTS) is 1. The second kappa shape index (κ2) is 3.76. The molecule has 6 nitrogen and oxygen atoms in total. The molecule has 18 heavy (non-hydrogen) atoms. The lowest BCUT2D eigenvalue weighted by Gasteiger charge is -2.20. The van der Waals surface area contributed by atoms with Crippen molar-refractivity contribution in [1.29, 1.82) is 0 Å². The Morgan fingerprint density at radius 1 is 1.56 bits per heavy atom. The summed E-state index contributed by atoms with van der Waals surface area (Å²) in [6.45, 7) is 0.397. The van der Waals surface area contributed by atoms with Crippen molar-refractivity contribution in [3.05, 3.63) is 30.0 Å². The van der Waals surface area contributed by atoms with Gasteiger partial charge in [-0.25, -0.2) is 4.79 Å². The van der Waals surface area contributed by atoms with Gasteiger partial charge in [-0.3, -0.25) is 10.00 Å². The Balaban J connectivity index is 2.17. The number of fused-ring (bicyclic) bond motifs is 3. The van der Waals surface area contributed by atoms with Crippen molar-refractivity contribution in [2.75, 3.05) is 5.32 Å². The molecule has 3 rings (SSSR count). The number of nitrogens with zero attached hydrogens (tertiary/aromatic N) is 2. The Morgan fingerprint density at radius 2 is 2.39 bits per heavy atom. The predicted octanol–water partition coefficient (Wildman–Crippen LogP) is 2.07. The van der Waals surface area contributed by atoms with Gasteiger partial charge in [0, 0.05) is 18.2 Å². The van der Waals surface area contributed by atoms with Crippen LogP contribution >= 0.6 is 0 Å². The first-order valence-corrected chi connectivity index (χ1v) is 5.44. The van der Waals surface area contributed by atoms with E-state index in [0.29, 0.717) is 18.0 Å². The van der Waals surface area contributed by atoms with Crippen LogP contribution in [0.4, 0.5) is 10.5 Å². The van der Waals surface area contributed by atoms with Crippen molar-refractivity contribution in [3.63, 3.8) is 0 Å². The van der Waals surface area contributed by atoms with E-state index in [1.807, 2.05) is 13.1 Å². The largest absolute Gasteiger partial charge is 0.486 e. The molecule has 6 heteroatoms. The topological polar surface area (TPSA) is 76.4 Å². The van der Waals surface area contributed by atoms with Crippen molar-refractivity contribution < 1.29 is 14.6 Å². The monoisotopic (exact) mass is 245 g/mol. The van der Waals surface area contributed by atoms with Gasteiger partial charge in [0.05, 0.1) is 17.6 Å². The van der Waals surface area contributed by atoms with Crippen LogP contribution < -0.4 is 10.1 Å². The van der Waals surface area contributed by atoms with Gasteiger partial charge in [0.15, 0.2) is 5.75 Å². The average molecular weight is 245 g/mol. The van der Waals surface area contributed by atoms with E-state index in [4.69, 9.17) is 9.84 Å². The van der Waals surface area contributed by atoms with E-state index in [1.165, 1.54) is 0 Å². The molecule has 2 N–H and O–H groups in total. The zero-order valence-corrected chi connectivity index (χ0v) is 9.67. The molecule has 0 fully saturated rings. The van der Waals surface area contributed by atoms with Crippen molar-refractivity contribution in [2.24, 2.45) is 7.05 Å². The molecule has 1 aliphatic rings. The average Bonchev–Trinajstić information content (AvgIpc) is 2.71. The van der Waals surface area contributed by atoms with Crippen molar-refractivity contribution >= 4 is 11.8 Å². The second-order valence-electron chi connectivity index (χ2n) is 4.04. The van der Waals surface area contributed by atoms with Gasteiger partial charge in [0.2, 0.25) is 0 Å². The predicted molar refractivity (Wildman–Crippen MR) is 64.6 cm³/mol. The van der Waals surface area contributed by atoms with Gasteiger partial charge >= 0.3 is 6.09 Å². The van der Waals surface area contributed by atoms with E-state index in [1.54, 1.807) is 23.0 Å². The Hall–Kier alpha value is -2.50. The molecule has 0 aliphatic carbocycles. The number of nitrogens with one attached hydrogen (secondary N) is 1. The number of benzene rings is 1. The number of carbonyl (C=O) groups is 1. The number of ether oxygens (including phenoxy) is 1. The molecule has 0 radical (unpaired) electrons. The van der Waals surface area contributed by atoms with Gasteiger partial charge in [-0.05, 0) is 12.1 Å². The molecule has 1 aliphatic heterocycles. The highest BCUT2D eigenvalue weighted by atomic mass is 16.5. The summed E-state index contributed by atoms with van der Waals surface area (Å²) in [6, 6.07) is 5.35. The lowest BCUT2D eigenvalue weighted by atomic mass is 10.0. The Labute approximate surface area is 103 Å². The van der Waals surface area contributed by atoms with Crippen molar-refractivity contribution in [1.82, 2.24) is 9.78 Å². The van der Waals surface area contributed by atoms with Crippen LogP contribution in [0.2, 0.25) is 0 Å². The summed E-state index contributed by atoms with van der Waals surface area (Å²) >= 11 is 0. The molecule has 1 amide bonds. The van der Waals surface area contributed by atoms with E-state index < -0.39 is 6.09 Å². The zero-order chi connectivity index (χ0) is 12.7. The second-order valence-corrected chi connectivity index (χ2v) is 4.04. The summed E-state index contributed by atoms with van der Waals surface area (Å²) in [7, 11) is 1.85. The van der Waals surface area contributed by atoms with Gasteiger partial charge in [-0.1, -0.05) is 6.07 Å². The number of aromatic nitrogens is 2. The molecule has 1 aromatic carbocycles. The fourth-order valence-corrected chi connectivity index (χ4v) is 2.18. The van der Waals surface area contributed by atoms with Crippen LogP contribution in [0.25, 0.3) is 11.3 Å². The summed E-state index contributed by atoms with van der Waals surface area (Å²) in [5, 5.41) is 15.3. The number of hydrogen-bond acceptors (Lipinski definition) is 3. The van der Waals surface area contributed by atoms with E-state index in [-0.39, 0.29) is 0 Å². The normalized spacial score (nSPS) is 12.3. The molecular formula is C12H11N3O3. The summed E-state index contributed by atoms with van der Waals surface area (Å²) < 4.78 is 7.38. The number of amides is 1. The van der Waals surface area contributed by atoms with Crippen LogP contribution in [-0.2, 0) is 13.7 Å². The molecule has 0 atom stereocenters. The first kappa shape index (κ1) is 10.6. The van der Waals surface area contributed by atoms with Gasteiger partial charge in [-0.15, -0.1) is 0 Å². The molecule has 0 spiro atoms. The van der Waals surface area contributed by atoms with E-state index >= 15 is 0 Å². The van der Waals surface area contributed by atoms with E-state index in [9.17, 15) is 4.79 Å². The number of anilines is 1. The summed E-state index contributed by atoms with van der Waals surface area (Å²) in [6.07, 6.45) is 0.651. The standard InChI is InChI=1S/C12H11N3O3/c1-15-10-7(5-13-15)6-18-11-8(10)3-2-4-9(11)14-12(16)17/h2-5,14H,6H2,1H3,(H,16,17). The molecule has 0 bridgehead atoms. The Kier molecular flexibility index (Phi) is 2.22. The fourth-order valence-electron chi connectivity index (χ4n) is 2.18. The smallest absolute Gasteiger partial charge is 0.409 e. The van der Waals surface area contributed by atoms with E-state index in [0.717, 1.165) is 16.8 Å². The number of hydrogen-bond donors (Lipinski definition) is 2. The quantitative estimate of drug-likeness (QED) is 0.806. The zero-order valence-electron chi connectivity index (χ0n) is 9.67. The maximum absolute atomic E-state index is 10.7.